The molecule has 0 aliphatic heterocycles. The van der Waals surface area contributed by atoms with Crippen LogP contribution in [0.1, 0.15) is 18.5 Å². The molecule has 0 saturated carbocycles. The number of nitrogens with zero attached hydrogens (tertiary/aromatic N) is 1. The standard InChI is InChI=1S/C13H14FN3/c1-9(10-3-2-4-11(14)7-10)17-12-5-6-16-13(15)8-12/h2-9H,1H3,(H3,15,16,17). The molecule has 0 bridgehead atoms. The van der Waals surface area contributed by atoms with Crippen molar-refractivity contribution >= 4 is 11.5 Å². The van der Waals surface area contributed by atoms with Crippen molar-refractivity contribution in [2.45, 2.75) is 13.0 Å². The lowest BCUT2D eigenvalue weighted by molar-refractivity contribution is 0.623. The summed E-state index contributed by atoms with van der Waals surface area (Å²) < 4.78 is 13.1. The summed E-state index contributed by atoms with van der Waals surface area (Å²) in [5.41, 5.74) is 7.34. The first-order valence-electron chi connectivity index (χ1n) is 5.38. The molecule has 88 valence electrons. The summed E-state index contributed by atoms with van der Waals surface area (Å²) in [5, 5.41) is 3.24. The smallest absolute Gasteiger partial charge is 0.125 e. The molecule has 1 aromatic carbocycles. The van der Waals surface area contributed by atoms with E-state index in [0.29, 0.717) is 5.82 Å². The highest BCUT2D eigenvalue weighted by Crippen LogP contribution is 2.20. The van der Waals surface area contributed by atoms with E-state index in [2.05, 4.69) is 10.3 Å². The summed E-state index contributed by atoms with van der Waals surface area (Å²) in [6, 6.07) is 10.1. The lowest BCUT2D eigenvalue weighted by atomic mass is 10.1. The van der Waals surface area contributed by atoms with Gasteiger partial charge in [-0.25, -0.2) is 9.37 Å². The number of halogens is 1. The van der Waals surface area contributed by atoms with Crippen LogP contribution in [-0.2, 0) is 0 Å². The Morgan fingerprint density at radius 1 is 1.29 bits per heavy atom. The maximum Gasteiger partial charge on any atom is 0.125 e. The van der Waals surface area contributed by atoms with Gasteiger partial charge in [-0.2, -0.15) is 0 Å². The van der Waals surface area contributed by atoms with E-state index in [0.717, 1.165) is 11.3 Å². The maximum absolute atomic E-state index is 13.1. The molecule has 17 heavy (non-hydrogen) atoms. The van der Waals surface area contributed by atoms with Crippen molar-refractivity contribution in [3.05, 3.63) is 54.0 Å². The summed E-state index contributed by atoms with van der Waals surface area (Å²) in [6.07, 6.45) is 1.63. The molecule has 0 aliphatic carbocycles. The van der Waals surface area contributed by atoms with Gasteiger partial charge in [0, 0.05) is 24.0 Å². The highest BCUT2D eigenvalue weighted by molar-refractivity contribution is 5.51. The number of anilines is 2. The maximum atomic E-state index is 13.1. The first-order valence-corrected chi connectivity index (χ1v) is 5.38. The molecular formula is C13H14FN3. The zero-order valence-corrected chi connectivity index (χ0v) is 9.52. The fourth-order valence-electron chi connectivity index (χ4n) is 1.65. The topological polar surface area (TPSA) is 50.9 Å². The zero-order valence-electron chi connectivity index (χ0n) is 9.52. The second-order valence-electron chi connectivity index (χ2n) is 3.89. The van der Waals surface area contributed by atoms with Crippen LogP contribution in [0.5, 0.6) is 0 Å². The van der Waals surface area contributed by atoms with Crippen LogP contribution in [0.3, 0.4) is 0 Å². The van der Waals surface area contributed by atoms with Crippen molar-refractivity contribution in [3.63, 3.8) is 0 Å². The second-order valence-corrected chi connectivity index (χ2v) is 3.89. The molecule has 1 aromatic heterocycles. The number of hydrogen-bond acceptors (Lipinski definition) is 3. The van der Waals surface area contributed by atoms with E-state index in [-0.39, 0.29) is 11.9 Å². The first-order chi connectivity index (χ1) is 8.15. The van der Waals surface area contributed by atoms with Gasteiger partial charge in [0.2, 0.25) is 0 Å². The average molecular weight is 231 g/mol. The minimum Gasteiger partial charge on any atom is -0.384 e. The SMILES string of the molecule is CC(Nc1ccnc(N)c1)c1cccc(F)c1. The van der Waals surface area contributed by atoms with Crippen molar-refractivity contribution in [1.29, 1.82) is 0 Å². The molecular weight excluding hydrogens is 217 g/mol. The van der Waals surface area contributed by atoms with Crippen molar-refractivity contribution in [2.24, 2.45) is 0 Å². The van der Waals surface area contributed by atoms with Gasteiger partial charge in [-0.1, -0.05) is 12.1 Å². The summed E-state index contributed by atoms with van der Waals surface area (Å²) in [4.78, 5) is 3.91. The van der Waals surface area contributed by atoms with Crippen LogP contribution in [0.25, 0.3) is 0 Å². The van der Waals surface area contributed by atoms with Gasteiger partial charge in [0.05, 0.1) is 0 Å². The molecule has 0 radical (unpaired) electrons. The lowest BCUT2D eigenvalue weighted by Gasteiger charge is -2.15. The first kappa shape index (κ1) is 11.4. The van der Waals surface area contributed by atoms with Gasteiger partial charge in [-0.05, 0) is 30.7 Å². The van der Waals surface area contributed by atoms with Gasteiger partial charge in [-0.3, -0.25) is 0 Å². The molecule has 1 unspecified atom stereocenters. The third kappa shape index (κ3) is 2.93. The van der Waals surface area contributed by atoms with Gasteiger partial charge in [0.25, 0.3) is 0 Å². The molecule has 1 atom stereocenters. The molecule has 1 heterocycles. The van der Waals surface area contributed by atoms with E-state index in [9.17, 15) is 4.39 Å². The summed E-state index contributed by atoms with van der Waals surface area (Å²) in [5.74, 6) is 0.229. The van der Waals surface area contributed by atoms with Crippen molar-refractivity contribution in [2.75, 3.05) is 11.1 Å². The van der Waals surface area contributed by atoms with E-state index >= 15 is 0 Å². The zero-order chi connectivity index (χ0) is 12.3. The van der Waals surface area contributed by atoms with Crippen LogP contribution in [0.2, 0.25) is 0 Å². The molecule has 2 aromatic rings. The Morgan fingerprint density at radius 3 is 2.82 bits per heavy atom. The minimum atomic E-state index is -0.231. The van der Waals surface area contributed by atoms with E-state index in [1.165, 1.54) is 12.1 Å². The number of nitrogens with one attached hydrogen (secondary N) is 1. The molecule has 4 heteroatoms. The number of benzene rings is 1. The lowest BCUT2D eigenvalue weighted by Crippen LogP contribution is -2.07. The van der Waals surface area contributed by atoms with Crippen molar-refractivity contribution in [1.82, 2.24) is 4.98 Å². The van der Waals surface area contributed by atoms with Crippen LogP contribution in [0.4, 0.5) is 15.9 Å². The number of nitrogens with two attached hydrogens (primary N) is 1. The Kier molecular flexibility index (Phi) is 3.23. The van der Waals surface area contributed by atoms with E-state index in [1.54, 1.807) is 18.3 Å². The third-order valence-corrected chi connectivity index (χ3v) is 2.51. The average Bonchev–Trinajstić information content (AvgIpc) is 2.29. The van der Waals surface area contributed by atoms with Gasteiger partial charge in [0.15, 0.2) is 0 Å². The Labute approximate surface area is 99.5 Å². The summed E-state index contributed by atoms with van der Waals surface area (Å²) in [7, 11) is 0. The predicted molar refractivity (Wildman–Crippen MR) is 67.1 cm³/mol. The molecule has 2 rings (SSSR count). The van der Waals surface area contributed by atoms with Crippen LogP contribution >= 0.6 is 0 Å². The van der Waals surface area contributed by atoms with Crippen LogP contribution < -0.4 is 11.1 Å². The van der Waals surface area contributed by atoms with Gasteiger partial charge in [0.1, 0.15) is 11.6 Å². The van der Waals surface area contributed by atoms with E-state index in [4.69, 9.17) is 5.73 Å². The molecule has 3 nitrogen and oxygen atoms in total. The van der Waals surface area contributed by atoms with Crippen LogP contribution in [-0.4, -0.2) is 4.98 Å². The monoisotopic (exact) mass is 231 g/mol. The van der Waals surface area contributed by atoms with Crippen molar-refractivity contribution < 1.29 is 4.39 Å². The minimum absolute atomic E-state index is 0.00694. The number of rotatable bonds is 3. The van der Waals surface area contributed by atoms with Crippen molar-refractivity contribution in [3.8, 4) is 0 Å². The number of nitrogen functional groups attached to an aromatic ring is 1. The molecule has 0 spiro atoms. The van der Waals surface area contributed by atoms with Gasteiger partial charge >= 0.3 is 0 Å². The Morgan fingerprint density at radius 2 is 2.12 bits per heavy atom. The van der Waals surface area contributed by atoms with E-state index < -0.39 is 0 Å². The summed E-state index contributed by atoms with van der Waals surface area (Å²) in [6.45, 7) is 1.96. The van der Waals surface area contributed by atoms with E-state index in [1.807, 2.05) is 19.1 Å². The quantitative estimate of drug-likeness (QED) is 0.853. The Balaban J connectivity index is 2.14. The largest absolute Gasteiger partial charge is 0.384 e. The molecule has 0 aliphatic rings. The fraction of sp³-hybridized carbons (Fsp3) is 0.154. The Bertz CT molecular complexity index is 514. The molecule has 0 saturated heterocycles. The molecule has 0 fully saturated rings. The van der Waals surface area contributed by atoms with Gasteiger partial charge in [-0.15, -0.1) is 0 Å². The number of hydrogen-bond donors (Lipinski definition) is 2. The number of aromatic nitrogens is 1. The molecule has 3 N–H and O–H groups in total. The normalized spacial score (nSPS) is 12.1. The highest BCUT2D eigenvalue weighted by Gasteiger charge is 2.06. The predicted octanol–water partition coefficient (Wildman–Crippen LogP) is 2.98. The van der Waals surface area contributed by atoms with Crippen LogP contribution in [0, 0.1) is 5.82 Å². The van der Waals surface area contributed by atoms with Crippen LogP contribution in [0.15, 0.2) is 42.6 Å². The summed E-state index contributed by atoms with van der Waals surface area (Å²) >= 11 is 0. The fourth-order valence-corrected chi connectivity index (χ4v) is 1.65. The Hall–Kier alpha value is -2.10. The molecule has 0 amide bonds. The van der Waals surface area contributed by atoms with Gasteiger partial charge < -0.3 is 11.1 Å². The highest BCUT2D eigenvalue weighted by atomic mass is 19.1. The number of pyridine rings is 1. The second kappa shape index (κ2) is 4.82. The third-order valence-electron chi connectivity index (χ3n) is 2.51.